The quantitative estimate of drug-likeness (QED) is 0.512. The minimum atomic E-state index is -1.11. The Hall–Kier alpha value is -3.00. The van der Waals surface area contributed by atoms with Crippen molar-refractivity contribution in [2.24, 2.45) is 5.92 Å². The summed E-state index contributed by atoms with van der Waals surface area (Å²) in [6.07, 6.45) is 0. The van der Waals surface area contributed by atoms with E-state index in [1.54, 1.807) is 30.0 Å². The van der Waals surface area contributed by atoms with Crippen LogP contribution in [0.4, 0.5) is 5.69 Å². The van der Waals surface area contributed by atoms with Gasteiger partial charge < -0.3 is 14.8 Å². The number of ketones is 1. The van der Waals surface area contributed by atoms with Crippen LogP contribution in [-0.2, 0) is 10.3 Å². The number of benzene rings is 3. The number of ether oxygens (including phenoxy) is 2. The van der Waals surface area contributed by atoms with E-state index in [9.17, 15) is 9.59 Å². The number of carbonyl (C=O) groups is 2. The predicted octanol–water partition coefficient (Wildman–Crippen LogP) is 4.89. The van der Waals surface area contributed by atoms with Gasteiger partial charge in [0.1, 0.15) is 5.54 Å². The van der Waals surface area contributed by atoms with Crippen LogP contribution in [0.3, 0.4) is 0 Å². The number of hydrogen-bond donors (Lipinski definition) is 1. The normalized spacial score (nSPS) is 28.3. The van der Waals surface area contributed by atoms with Crippen LogP contribution in [0, 0.1) is 5.92 Å². The minimum absolute atomic E-state index is 0.0123. The summed E-state index contributed by atoms with van der Waals surface area (Å²) in [6, 6.07) is 20.7. The molecule has 4 heterocycles. The van der Waals surface area contributed by atoms with E-state index in [4.69, 9.17) is 21.1 Å². The van der Waals surface area contributed by atoms with E-state index in [1.165, 1.54) is 0 Å². The number of nitrogens with zero attached hydrogens (tertiary/aromatic N) is 1. The van der Waals surface area contributed by atoms with Gasteiger partial charge in [-0.1, -0.05) is 41.9 Å². The zero-order chi connectivity index (χ0) is 23.7. The van der Waals surface area contributed by atoms with Crippen LogP contribution in [0.2, 0.25) is 5.02 Å². The molecule has 7 rings (SSSR count). The van der Waals surface area contributed by atoms with Crippen molar-refractivity contribution >= 4 is 40.7 Å². The first-order chi connectivity index (χ1) is 17.1. The molecule has 0 bridgehead atoms. The van der Waals surface area contributed by atoms with Gasteiger partial charge >= 0.3 is 0 Å². The summed E-state index contributed by atoms with van der Waals surface area (Å²) in [5, 5.41) is 3.71. The van der Waals surface area contributed by atoms with Gasteiger partial charge in [0.05, 0.1) is 5.92 Å². The molecule has 0 radical (unpaired) electrons. The minimum Gasteiger partial charge on any atom is -0.454 e. The molecule has 4 aliphatic heterocycles. The molecule has 2 fully saturated rings. The lowest BCUT2D eigenvalue weighted by molar-refractivity contribution is -0.127. The van der Waals surface area contributed by atoms with Crippen LogP contribution in [-0.4, -0.2) is 41.1 Å². The van der Waals surface area contributed by atoms with Gasteiger partial charge in [-0.05, 0) is 42.0 Å². The Morgan fingerprint density at radius 1 is 1.06 bits per heavy atom. The van der Waals surface area contributed by atoms with Gasteiger partial charge in [-0.3, -0.25) is 14.5 Å². The van der Waals surface area contributed by atoms with Gasteiger partial charge in [-0.25, -0.2) is 0 Å². The van der Waals surface area contributed by atoms with E-state index in [1.807, 2.05) is 48.5 Å². The summed E-state index contributed by atoms with van der Waals surface area (Å²) in [7, 11) is 0. The maximum atomic E-state index is 14.5. The smallest absolute Gasteiger partial charge is 0.250 e. The first kappa shape index (κ1) is 21.3. The number of amides is 1. The maximum Gasteiger partial charge on any atom is 0.250 e. The zero-order valence-corrected chi connectivity index (χ0v) is 20.1. The lowest BCUT2D eigenvalue weighted by Crippen LogP contribution is -2.52. The Morgan fingerprint density at radius 2 is 1.91 bits per heavy atom. The van der Waals surface area contributed by atoms with Crippen molar-refractivity contribution in [1.29, 1.82) is 0 Å². The van der Waals surface area contributed by atoms with E-state index in [0.29, 0.717) is 28.0 Å². The van der Waals surface area contributed by atoms with Crippen molar-refractivity contribution in [3.63, 3.8) is 0 Å². The summed E-state index contributed by atoms with van der Waals surface area (Å²) in [5.74, 6) is 1.60. The van der Waals surface area contributed by atoms with Crippen LogP contribution >= 0.6 is 23.4 Å². The number of rotatable bonds is 3. The first-order valence-electron chi connectivity index (χ1n) is 11.5. The molecule has 0 saturated carbocycles. The second-order valence-corrected chi connectivity index (χ2v) is 10.7. The topological polar surface area (TPSA) is 67.9 Å². The summed E-state index contributed by atoms with van der Waals surface area (Å²) < 4.78 is 11.0. The average molecular weight is 505 g/mol. The standard InChI is InChI=1S/C27H21ClN2O4S/c28-17-5-3-4-15(10-17)23-20-12-35-13-30(20)27(18-6-1-2-7-19(18)29-26(27)32)24(23)25(31)16-8-9-21-22(11-16)34-14-33-21/h1-11,20,23-24H,12-14H2,(H,29,32)/t20-,23+,24+,27-/m1/s1. The van der Waals surface area contributed by atoms with Crippen molar-refractivity contribution in [1.82, 2.24) is 4.90 Å². The molecular weight excluding hydrogens is 484 g/mol. The van der Waals surface area contributed by atoms with E-state index in [0.717, 1.165) is 22.6 Å². The van der Waals surface area contributed by atoms with Crippen LogP contribution in [0.1, 0.15) is 27.4 Å². The fourth-order valence-corrected chi connectivity index (χ4v) is 7.87. The van der Waals surface area contributed by atoms with Gasteiger partial charge in [0, 0.05) is 45.4 Å². The Bertz CT molecular complexity index is 1400. The molecule has 0 aliphatic carbocycles. The molecule has 8 heteroatoms. The number of anilines is 1. The van der Waals surface area contributed by atoms with Crippen molar-refractivity contribution in [2.45, 2.75) is 17.5 Å². The highest BCUT2D eigenvalue weighted by Crippen LogP contribution is 2.61. The van der Waals surface area contributed by atoms with Crippen LogP contribution in [0.15, 0.2) is 66.7 Å². The van der Waals surface area contributed by atoms with Gasteiger partial charge in [-0.15, -0.1) is 11.8 Å². The number of fused-ring (bicyclic) bond motifs is 5. The Balaban J connectivity index is 1.47. The lowest BCUT2D eigenvalue weighted by atomic mass is 9.69. The number of thioether (sulfide) groups is 1. The van der Waals surface area contributed by atoms with Gasteiger partial charge in [0.2, 0.25) is 12.7 Å². The highest BCUT2D eigenvalue weighted by atomic mass is 35.5. The molecule has 176 valence electrons. The molecule has 6 nitrogen and oxygen atoms in total. The lowest BCUT2D eigenvalue weighted by Gasteiger charge is -2.36. The highest BCUT2D eigenvalue weighted by Gasteiger charge is 2.69. The van der Waals surface area contributed by atoms with Gasteiger partial charge in [0.25, 0.3) is 0 Å². The Kier molecular flexibility index (Phi) is 4.72. The highest BCUT2D eigenvalue weighted by molar-refractivity contribution is 7.99. The third-order valence-electron chi connectivity index (χ3n) is 7.70. The molecule has 1 amide bonds. The Morgan fingerprint density at radius 3 is 2.80 bits per heavy atom. The van der Waals surface area contributed by atoms with Gasteiger partial charge in [-0.2, -0.15) is 0 Å². The van der Waals surface area contributed by atoms with Crippen molar-refractivity contribution in [3.8, 4) is 11.5 Å². The molecule has 2 saturated heterocycles. The number of para-hydroxylation sites is 1. The monoisotopic (exact) mass is 504 g/mol. The number of hydrogen-bond acceptors (Lipinski definition) is 6. The number of halogens is 1. The molecule has 35 heavy (non-hydrogen) atoms. The fraction of sp³-hybridized carbons (Fsp3) is 0.259. The average Bonchev–Trinajstić information content (AvgIpc) is 3.62. The molecular formula is C27H21ClN2O4S. The fourth-order valence-electron chi connectivity index (χ4n) is 6.35. The largest absolute Gasteiger partial charge is 0.454 e. The summed E-state index contributed by atoms with van der Waals surface area (Å²) in [5.41, 5.74) is 2.01. The van der Waals surface area contributed by atoms with Crippen molar-refractivity contribution < 1.29 is 19.1 Å². The van der Waals surface area contributed by atoms with E-state index in [-0.39, 0.29) is 30.4 Å². The molecule has 0 unspecified atom stereocenters. The molecule has 4 atom stereocenters. The summed E-state index contributed by atoms with van der Waals surface area (Å²) in [4.78, 5) is 30.8. The SMILES string of the molecule is O=C(c1ccc2c(c1)OCO2)[C@@H]1[C@@H](c2cccc(Cl)c2)[C@H]2CSCN2[C@@]12C(=O)Nc1ccccc12. The molecule has 0 aromatic heterocycles. The second kappa shape index (κ2) is 7.75. The first-order valence-corrected chi connectivity index (χ1v) is 13.1. The third kappa shape index (κ3) is 2.89. The van der Waals surface area contributed by atoms with Crippen molar-refractivity contribution in [3.05, 3.63) is 88.4 Å². The Labute approximate surface area is 211 Å². The summed E-state index contributed by atoms with van der Waals surface area (Å²) in [6.45, 7) is 0.133. The molecule has 4 aliphatic rings. The zero-order valence-electron chi connectivity index (χ0n) is 18.6. The van der Waals surface area contributed by atoms with E-state index in [2.05, 4.69) is 10.2 Å². The molecule has 1 spiro atoms. The predicted molar refractivity (Wildman–Crippen MR) is 134 cm³/mol. The third-order valence-corrected chi connectivity index (χ3v) is 8.97. The number of nitrogens with one attached hydrogen (secondary N) is 1. The molecule has 3 aromatic carbocycles. The van der Waals surface area contributed by atoms with Crippen LogP contribution in [0.25, 0.3) is 0 Å². The van der Waals surface area contributed by atoms with Crippen LogP contribution < -0.4 is 14.8 Å². The number of Topliss-reactive ketones (excluding diaryl/α,β-unsaturated/α-hetero) is 1. The van der Waals surface area contributed by atoms with E-state index < -0.39 is 11.5 Å². The van der Waals surface area contributed by atoms with Crippen LogP contribution in [0.5, 0.6) is 11.5 Å². The van der Waals surface area contributed by atoms with Gasteiger partial charge in [0.15, 0.2) is 17.3 Å². The maximum absolute atomic E-state index is 14.5. The summed E-state index contributed by atoms with van der Waals surface area (Å²) >= 11 is 8.22. The molecule has 3 aromatic rings. The second-order valence-electron chi connectivity index (χ2n) is 9.29. The van der Waals surface area contributed by atoms with E-state index >= 15 is 0 Å². The van der Waals surface area contributed by atoms with Crippen molar-refractivity contribution in [2.75, 3.05) is 23.7 Å². The number of carbonyl (C=O) groups excluding carboxylic acids is 2. The molecule has 1 N–H and O–H groups in total.